The number of aromatic nitrogens is 1. The van der Waals surface area contributed by atoms with Crippen LogP contribution in [0.4, 0.5) is 5.69 Å². The van der Waals surface area contributed by atoms with Gasteiger partial charge in [-0.25, -0.2) is 0 Å². The van der Waals surface area contributed by atoms with Gasteiger partial charge >= 0.3 is 0 Å². The fourth-order valence-corrected chi connectivity index (χ4v) is 3.29. The fraction of sp³-hybridized carbons (Fsp3) is 0.0556. The second-order valence-electron chi connectivity index (χ2n) is 4.97. The average molecular weight is 354 g/mol. The summed E-state index contributed by atoms with van der Waals surface area (Å²) >= 11 is 7.42. The van der Waals surface area contributed by atoms with Gasteiger partial charge in [-0.15, -0.1) is 11.8 Å². The van der Waals surface area contributed by atoms with Crippen molar-refractivity contribution in [3.05, 3.63) is 65.3 Å². The zero-order chi connectivity index (χ0) is 16.9. The van der Waals surface area contributed by atoms with Gasteiger partial charge in [0.25, 0.3) is 0 Å². The minimum atomic E-state index is -0.137. The van der Waals surface area contributed by atoms with E-state index in [0.29, 0.717) is 16.3 Å². The SMILES string of the molecule is N#Cc1ccc(NC(=O)CSc2ccnc3ccccc23)cc1Cl. The van der Waals surface area contributed by atoms with Crippen LogP contribution in [0.1, 0.15) is 5.56 Å². The number of nitrogens with one attached hydrogen (secondary N) is 1. The van der Waals surface area contributed by atoms with Crippen LogP contribution in [-0.2, 0) is 4.79 Å². The highest BCUT2D eigenvalue weighted by molar-refractivity contribution is 8.00. The van der Waals surface area contributed by atoms with Crippen LogP contribution in [-0.4, -0.2) is 16.6 Å². The summed E-state index contributed by atoms with van der Waals surface area (Å²) in [4.78, 5) is 17.4. The molecule has 1 amide bonds. The Bertz CT molecular complexity index is 947. The number of carbonyl (C=O) groups is 1. The van der Waals surface area contributed by atoms with Crippen molar-refractivity contribution in [1.82, 2.24) is 4.98 Å². The Morgan fingerprint density at radius 3 is 2.88 bits per heavy atom. The molecule has 0 fully saturated rings. The molecule has 2 aromatic carbocycles. The third-order valence-corrected chi connectivity index (χ3v) is 4.73. The molecule has 4 nitrogen and oxygen atoms in total. The monoisotopic (exact) mass is 353 g/mol. The number of thioether (sulfide) groups is 1. The van der Waals surface area contributed by atoms with Crippen molar-refractivity contribution in [2.75, 3.05) is 11.1 Å². The maximum Gasteiger partial charge on any atom is 0.234 e. The molecule has 0 spiro atoms. The Labute approximate surface area is 148 Å². The Morgan fingerprint density at radius 2 is 2.08 bits per heavy atom. The van der Waals surface area contributed by atoms with E-state index in [9.17, 15) is 4.79 Å². The molecule has 1 heterocycles. The van der Waals surface area contributed by atoms with E-state index in [-0.39, 0.29) is 11.7 Å². The number of amides is 1. The molecule has 3 rings (SSSR count). The lowest BCUT2D eigenvalue weighted by Crippen LogP contribution is -2.14. The Balaban J connectivity index is 1.67. The highest BCUT2D eigenvalue weighted by Gasteiger charge is 2.08. The van der Waals surface area contributed by atoms with Crippen molar-refractivity contribution in [3.63, 3.8) is 0 Å². The van der Waals surface area contributed by atoms with Crippen molar-refractivity contribution in [2.45, 2.75) is 4.90 Å². The zero-order valence-electron chi connectivity index (χ0n) is 12.5. The fourth-order valence-electron chi connectivity index (χ4n) is 2.22. The van der Waals surface area contributed by atoms with E-state index >= 15 is 0 Å². The first-order valence-corrected chi connectivity index (χ1v) is 8.50. The third-order valence-electron chi connectivity index (χ3n) is 3.34. The number of para-hydroxylation sites is 1. The molecular weight excluding hydrogens is 342 g/mol. The van der Waals surface area contributed by atoms with Gasteiger partial charge < -0.3 is 5.32 Å². The van der Waals surface area contributed by atoms with E-state index in [1.54, 1.807) is 24.4 Å². The number of fused-ring (bicyclic) bond motifs is 1. The smallest absolute Gasteiger partial charge is 0.234 e. The Kier molecular flexibility index (Phi) is 4.99. The van der Waals surface area contributed by atoms with Gasteiger partial charge in [0.05, 0.1) is 21.9 Å². The summed E-state index contributed by atoms with van der Waals surface area (Å²) in [5.41, 5.74) is 1.86. The summed E-state index contributed by atoms with van der Waals surface area (Å²) in [6.07, 6.45) is 1.74. The van der Waals surface area contributed by atoms with Gasteiger partial charge in [0.2, 0.25) is 5.91 Å². The van der Waals surface area contributed by atoms with Gasteiger partial charge in [-0.3, -0.25) is 9.78 Å². The van der Waals surface area contributed by atoms with Crippen LogP contribution in [0.15, 0.2) is 59.6 Å². The molecule has 0 radical (unpaired) electrons. The maximum atomic E-state index is 12.1. The summed E-state index contributed by atoms with van der Waals surface area (Å²) in [5, 5.41) is 13.0. The molecule has 0 bridgehead atoms. The van der Waals surface area contributed by atoms with Crippen molar-refractivity contribution < 1.29 is 4.79 Å². The largest absolute Gasteiger partial charge is 0.325 e. The molecule has 3 aromatic rings. The lowest BCUT2D eigenvalue weighted by Gasteiger charge is -2.07. The van der Waals surface area contributed by atoms with Gasteiger partial charge in [-0.2, -0.15) is 5.26 Å². The first-order chi connectivity index (χ1) is 11.7. The first kappa shape index (κ1) is 16.3. The third kappa shape index (κ3) is 3.67. The number of hydrogen-bond donors (Lipinski definition) is 1. The second-order valence-corrected chi connectivity index (χ2v) is 6.39. The number of anilines is 1. The summed E-state index contributed by atoms with van der Waals surface area (Å²) in [6.45, 7) is 0. The second kappa shape index (κ2) is 7.35. The van der Waals surface area contributed by atoms with Gasteiger partial charge in [0.1, 0.15) is 6.07 Å². The Hall–Kier alpha value is -2.55. The molecule has 1 N–H and O–H groups in total. The average Bonchev–Trinajstić information content (AvgIpc) is 2.60. The molecule has 0 unspecified atom stereocenters. The number of nitrogens with zero attached hydrogens (tertiary/aromatic N) is 2. The van der Waals surface area contributed by atoms with E-state index in [1.807, 2.05) is 36.4 Å². The molecule has 0 aliphatic heterocycles. The van der Waals surface area contributed by atoms with Gasteiger partial charge in [0.15, 0.2) is 0 Å². The molecule has 0 saturated heterocycles. The number of rotatable bonds is 4. The molecule has 6 heteroatoms. The van der Waals surface area contributed by atoms with Crippen LogP contribution in [0.5, 0.6) is 0 Å². The molecule has 0 aliphatic carbocycles. The summed E-state index contributed by atoms with van der Waals surface area (Å²) < 4.78 is 0. The number of halogens is 1. The van der Waals surface area contributed by atoms with E-state index in [1.165, 1.54) is 11.8 Å². The summed E-state index contributed by atoms with van der Waals surface area (Å²) in [5.74, 6) is 0.132. The predicted molar refractivity (Wildman–Crippen MR) is 97.3 cm³/mol. The highest BCUT2D eigenvalue weighted by atomic mass is 35.5. The van der Waals surface area contributed by atoms with Crippen molar-refractivity contribution in [2.24, 2.45) is 0 Å². The molecule has 24 heavy (non-hydrogen) atoms. The molecule has 0 aliphatic rings. The van der Waals surface area contributed by atoms with E-state index in [2.05, 4.69) is 10.3 Å². The van der Waals surface area contributed by atoms with Crippen LogP contribution in [0, 0.1) is 11.3 Å². The number of pyridine rings is 1. The minimum Gasteiger partial charge on any atom is -0.325 e. The topological polar surface area (TPSA) is 65.8 Å². The summed E-state index contributed by atoms with van der Waals surface area (Å²) in [6, 6.07) is 16.5. The van der Waals surface area contributed by atoms with Crippen molar-refractivity contribution >= 4 is 45.9 Å². The van der Waals surface area contributed by atoms with Crippen LogP contribution in [0.25, 0.3) is 10.9 Å². The van der Waals surface area contributed by atoms with Crippen LogP contribution >= 0.6 is 23.4 Å². The minimum absolute atomic E-state index is 0.137. The number of hydrogen-bond acceptors (Lipinski definition) is 4. The van der Waals surface area contributed by atoms with Gasteiger partial charge in [-0.1, -0.05) is 29.8 Å². The maximum absolute atomic E-state index is 12.1. The standard InChI is InChI=1S/C18H12ClN3OS/c19-15-9-13(6-5-12(15)10-20)22-18(23)11-24-17-7-8-21-16-4-2-1-3-14(16)17/h1-9H,11H2,(H,22,23). The zero-order valence-corrected chi connectivity index (χ0v) is 14.1. The van der Waals surface area contributed by atoms with Crippen LogP contribution in [0.3, 0.4) is 0 Å². The molecule has 118 valence electrons. The number of nitriles is 1. The van der Waals surface area contributed by atoms with Crippen LogP contribution in [0.2, 0.25) is 5.02 Å². The summed E-state index contributed by atoms with van der Waals surface area (Å²) in [7, 11) is 0. The lowest BCUT2D eigenvalue weighted by atomic mass is 10.2. The highest BCUT2D eigenvalue weighted by Crippen LogP contribution is 2.26. The van der Waals surface area contributed by atoms with Crippen LogP contribution < -0.4 is 5.32 Å². The van der Waals surface area contributed by atoms with Gasteiger partial charge in [-0.05, 0) is 30.3 Å². The Morgan fingerprint density at radius 1 is 1.25 bits per heavy atom. The van der Waals surface area contributed by atoms with Gasteiger partial charge in [0, 0.05) is 22.2 Å². The predicted octanol–water partition coefficient (Wildman–Crippen LogP) is 4.49. The molecule has 1 aromatic heterocycles. The number of benzene rings is 2. The van der Waals surface area contributed by atoms with Crippen molar-refractivity contribution in [1.29, 1.82) is 5.26 Å². The number of carbonyl (C=O) groups excluding carboxylic acids is 1. The quantitative estimate of drug-likeness (QED) is 0.702. The molecular formula is C18H12ClN3OS. The van der Waals surface area contributed by atoms with E-state index < -0.39 is 0 Å². The van der Waals surface area contributed by atoms with Crippen molar-refractivity contribution in [3.8, 4) is 6.07 Å². The normalized spacial score (nSPS) is 10.3. The molecule has 0 saturated carbocycles. The molecule has 0 atom stereocenters. The lowest BCUT2D eigenvalue weighted by molar-refractivity contribution is -0.113. The van der Waals surface area contributed by atoms with E-state index in [4.69, 9.17) is 16.9 Å². The first-order valence-electron chi connectivity index (χ1n) is 7.13. The van der Waals surface area contributed by atoms with E-state index in [0.717, 1.165) is 15.8 Å².